The molecule has 1 unspecified atom stereocenters. The Morgan fingerprint density at radius 3 is 2.06 bits per heavy atom. The number of halogens is 5. The molecule has 0 aromatic heterocycles. The van der Waals surface area contributed by atoms with Crippen LogP contribution in [-0.2, 0) is 5.60 Å². The van der Waals surface area contributed by atoms with Crippen molar-refractivity contribution in [1.82, 2.24) is 0 Å². The minimum Gasteiger partial charge on any atom is -0.376 e. The highest BCUT2D eigenvalue weighted by Gasteiger charge is 2.53. The highest BCUT2D eigenvalue weighted by molar-refractivity contribution is 5.25. The van der Waals surface area contributed by atoms with Crippen LogP contribution in [-0.4, -0.2) is 11.3 Å². The summed E-state index contributed by atoms with van der Waals surface area (Å²) in [5.41, 5.74) is -3.86. The molecule has 0 fully saturated rings. The second-order valence-electron chi connectivity index (χ2n) is 3.34. The minimum atomic E-state index is -4.94. The lowest BCUT2D eigenvalue weighted by molar-refractivity contribution is -0.267. The molecular formula is C10H9F5O. The predicted molar refractivity (Wildman–Crippen MR) is 46.6 cm³/mol. The van der Waals surface area contributed by atoms with E-state index in [1.807, 2.05) is 0 Å². The smallest absolute Gasteiger partial charge is 0.376 e. The Morgan fingerprint density at radius 1 is 1.12 bits per heavy atom. The maximum atomic E-state index is 12.8. The molecule has 16 heavy (non-hydrogen) atoms. The van der Waals surface area contributed by atoms with E-state index in [4.69, 9.17) is 0 Å². The van der Waals surface area contributed by atoms with Gasteiger partial charge in [0.15, 0.2) is 17.2 Å². The lowest BCUT2D eigenvalue weighted by Gasteiger charge is -2.29. The second kappa shape index (κ2) is 4.01. The molecule has 1 N–H and O–H groups in total. The average Bonchev–Trinajstić information content (AvgIpc) is 2.19. The topological polar surface area (TPSA) is 20.2 Å². The van der Waals surface area contributed by atoms with Gasteiger partial charge in [-0.1, -0.05) is 13.0 Å². The molecule has 1 aromatic carbocycles. The van der Waals surface area contributed by atoms with Crippen molar-refractivity contribution in [2.24, 2.45) is 0 Å². The van der Waals surface area contributed by atoms with Crippen LogP contribution in [0.25, 0.3) is 0 Å². The van der Waals surface area contributed by atoms with E-state index >= 15 is 0 Å². The van der Waals surface area contributed by atoms with Gasteiger partial charge < -0.3 is 5.11 Å². The molecule has 1 rings (SSSR count). The van der Waals surface area contributed by atoms with Gasteiger partial charge in [-0.2, -0.15) is 13.2 Å². The van der Waals surface area contributed by atoms with Crippen LogP contribution in [0.3, 0.4) is 0 Å². The van der Waals surface area contributed by atoms with E-state index < -0.39 is 35.4 Å². The van der Waals surface area contributed by atoms with Crippen LogP contribution < -0.4 is 0 Å². The third kappa shape index (κ3) is 2.02. The number of alkyl halides is 3. The van der Waals surface area contributed by atoms with E-state index in [1.54, 1.807) is 0 Å². The summed E-state index contributed by atoms with van der Waals surface area (Å²) >= 11 is 0. The lowest BCUT2D eigenvalue weighted by Crippen LogP contribution is -2.41. The SMILES string of the molecule is CCC(O)(c1ccc(F)c(F)c1)C(F)(F)F. The number of benzene rings is 1. The van der Waals surface area contributed by atoms with Crippen LogP contribution in [0, 0.1) is 11.6 Å². The van der Waals surface area contributed by atoms with Gasteiger partial charge in [0.2, 0.25) is 0 Å². The zero-order chi connectivity index (χ0) is 12.6. The summed E-state index contributed by atoms with van der Waals surface area (Å²) < 4.78 is 63.0. The van der Waals surface area contributed by atoms with Crippen molar-refractivity contribution in [2.45, 2.75) is 25.1 Å². The van der Waals surface area contributed by atoms with E-state index in [-0.39, 0.29) is 0 Å². The van der Waals surface area contributed by atoms with Crippen LogP contribution in [0.1, 0.15) is 18.9 Å². The van der Waals surface area contributed by atoms with Gasteiger partial charge in [-0.25, -0.2) is 8.78 Å². The number of rotatable bonds is 2. The summed E-state index contributed by atoms with van der Waals surface area (Å²) in [6.45, 7) is 1.11. The van der Waals surface area contributed by atoms with Crippen LogP contribution in [0.5, 0.6) is 0 Å². The summed E-state index contributed by atoms with van der Waals surface area (Å²) in [7, 11) is 0. The molecule has 0 aliphatic heterocycles. The van der Waals surface area contributed by atoms with Gasteiger partial charge in [-0.15, -0.1) is 0 Å². The van der Waals surface area contributed by atoms with Gasteiger partial charge in [0.25, 0.3) is 0 Å². The van der Waals surface area contributed by atoms with Gasteiger partial charge in [-0.05, 0) is 24.1 Å². The van der Waals surface area contributed by atoms with Gasteiger partial charge >= 0.3 is 6.18 Å². The molecule has 1 nitrogen and oxygen atoms in total. The van der Waals surface area contributed by atoms with E-state index in [0.717, 1.165) is 13.0 Å². The average molecular weight is 240 g/mol. The van der Waals surface area contributed by atoms with Crippen molar-refractivity contribution in [1.29, 1.82) is 0 Å². The van der Waals surface area contributed by atoms with Crippen molar-refractivity contribution in [2.75, 3.05) is 0 Å². The molecule has 0 bridgehead atoms. The van der Waals surface area contributed by atoms with Crippen LogP contribution in [0.2, 0.25) is 0 Å². The van der Waals surface area contributed by atoms with Crippen molar-refractivity contribution in [3.8, 4) is 0 Å². The van der Waals surface area contributed by atoms with Gasteiger partial charge in [0.05, 0.1) is 0 Å². The maximum Gasteiger partial charge on any atom is 0.421 e. The minimum absolute atomic E-state index is 0.353. The fourth-order valence-corrected chi connectivity index (χ4v) is 1.32. The van der Waals surface area contributed by atoms with Gasteiger partial charge in [0, 0.05) is 0 Å². The molecule has 0 aliphatic rings. The largest absolute Gasteiger partial charge is 0.421 e. The normalized spacial score (nSPS) is 15.9. The first kappa shape index (κ1) is 12.9. The van der Waals surface area contributed by atoms with Crippen molar-refractivity contribution < 1.29 is 27.1 Å². The Hall–Kier alpha value is -1.17. The molecule has 6 heteroatoms. The first-order valence-electron chi connectivity index (χ1n) is 4.47. The van der Waals surface area contributed by atoms with Crippen LogP contribution in [0.15, 0.2) is 18.2 Å². The van der Waals surface area contributed by atoms with E-state index in [2.05, 4.69) is 0 Å². The number of aliphatic hydroxyl groups is 1. The molecule has 0 heterocycles. The maximum absolute atomic E-state index is 12.8. The van der Waals surface area contributed by atoms with Crippen LogP contribution >= 0.6 is 0 Å². The lowest BCUT2D eigenvalue weighted by atomic mass is 9.90. The van der Waals surface area contributed by atoms with E-state index in [1.165, 1.54) is 0 Å². The fourth-order valence-electron chi connectivity index (χ4n) is 1.32. The third-order valence-corrected chi connectivity index (χ3v) is 2.38. The molecule has 0 aliphatic carbocycles. The molecule has 0 spiro atoms. The van der Waals surface area contributed by atoms with Crippen LogP contribution in [0.4, 0.5) is 22.0 Å². The zero-order valence-corrected chi connectivity index (χ0v) is 8.28. The molecule has 0 saturated heterocycles. The number of hydrogen-bond donors (Lipinski definition) is 1. The highest BCUT2D eigenvalue weighted by atomic mass is 19.4. The van der Waals surface area contributed by atoms with Gasteiger partial charge in [0.1, 0.15) is 0 Å². The molecule has 90 valence electrons. The summed E-state index contributed by atoms with van der Waals surface area (Å²) in [4.78, 5) is 0. The number of hydrogen-bond acceptors (Lipinski definition) is 1. The first-order chi connectivity index (χ1) is 7.22. The second-order valence-corrected chi connectivity index (χ2v) is 3.34. The summed E-state index contributed by atoms with van der Waals surface area (Å²) in [6.07, 6.45) is -5.62. The molecule has 0 amide bonds. The Kier molecular flexibility index (Phi) is 3.23. The molecule has 1 aromatic rings. The Balaban J connectivity index is 3.29. The van der Waals surface area contributed by atoms with Gasteiger partial charge in [-0.3, -0.25) is 0 Å². The Bertz CT molecular complexity index is 387. The standard InChI is InChI=1S/C10H9F5O/c1-2-9(16,10(13,14)15)6-3-4-7(11)8(12)5-6/h3-5,16H,2H2,1H3. The molecular weight excluding hydrogens is 231 g/mol. The van der Waals surface area contributed by atoms with E-state index in [0.29, 0.717) is 12.1 Å². The Morgan fingerprint density at radius 2 is 1.69 bits per heavy atom. The van der Waals surface area contributed by atoms with Crippen molar-refractivity contribution in [3.05, 3.63) is 35.4 Å². The molecule has 1 atom stereocenters. The third-order valence-electron chi connectivity index (χ3n) is 2.38. The zero-order valence-electron chi connectivity index (χ0n) is 8.28. The predicted octanol–water partition coefficient (Wildman–Crippen LogP) is 3.12. The summed E-state index contributed by atoms with van der Waals surface area (Å²) in [5, 5.41) is 9.43. The first-order valence-corrected chi connectivity index (χ1v) is 4.47. The Labute approximate surface area is 88.5 Å². The van der Waals surface area contributed by atoms with Crippen molar-refractivity contribution >= 4 is 0 Å². The highest BCUT2D eigenvalue weighted by Crippen LogP contribution is 2.41. The molecule has 0 radical (unpaired) electrons. The fraction of sp³-hybridized carbons (Fsp3) is 0.400. The van der Waals surface area contributed by atoms with Crippen molar-refractivity contribution in [3.63, 3.8) is 0 Å². The van der Waals surface area contributed by atoms with E-state index in [9.17, 15) is 27.1 Å². The summed E-state index contributed by atoms with van der Waals surface area (Å²) in [6, 6.07) is 1.62. The quantitative estimate of drug-likeness (QED) is 0.787. The monoisotopic (exact) mass is 240 g/mol. The molecule has 0 saturated carbocycles. The summed E-state index contributed by atoms with van der Waals surface area (Å²) in [5.74, 6) is -2.68.